The molecule has 0 radical (unpaired) electrons. The maximum atomic E-state index is 4.60. The Morgan fingerprint density at radius 3 is 2.60 bits per heavy atom. The van der Waals surface area contributed by atoms with Gasteiger partial charge in [0.05, 0.1) is 5.69 Å². The molecule has 1 aromatic heterocycles. The van der Waals surface area contributed by atoms with E-state index in [0.717, 1.165) is 24.3 Å². The largest absolute Gasteiger partial charge is 0.314 e. The first-order valence-corrected chi connectivity index (χ1v) is 8.51. The van der Waals surface area contributed by atoms with E-state index in [2.05, 4.69) is 35.1 Å². The van der Waals surface area contributed by atoms with Crippen molar-refractivity contribution in [3.8, 4) is 0 Å². The number of nitrogens with one attached hydrogen (secondary N) is 1. The highest BCUT2D eigenvalue weighted by Gasteiger charge is 2.28. The van der Waals surface area contributed by atoms with Crippen LogP contribution in [0.5, 0.6) is 0 Å². The van der Waals surface area contributed by atoms with E-state index in [0.29, 0.717) is 0 Å². The summed E-state index contributed by atoms with van der Waals surface area (Å²) in [6, 6.07) is 3.17. The predicted octanol–water partition coefficient (Wildman–Crippen LogP) is 3.08. The Balaban J connectivity index is 1.61. The summed E-state index contributed by atoms with van der Waals surface area (Å²) >= 11 is 0. The summed E-state index contributed by atoms with van der Waals surface area (Å²) in [6.07, 6.45) is 10.7. The lowest BCUT2D eigenvalue weighted by Crippen LogP contribution is -2.33. The molecule has 2 unspecified atom stereocenters. The molecule has 112 valence electrons. The summed E-state index contributed by atoms with van der Waals surface area (Å²) in [5.41, 5.74) is 2.68. The van der Waals surface area contributed by atoms with Crippen LogP contribution in [0.4, 0.5) is 0 Å². The highest BCUT2D eigenvalue weighted by Crippen LogP contribution is 2.33. The molecule has 2 saturated carbocycles. The Morgan fingerprint density at radius 1 is 1.20 bits per heavy atom. The predicted molar refractivity (Wildman–Crippen MR) is 82.8 cm³/mol. The standard InChI is InChI=1S/C17H29N3/c1-3-15-11-17(20(2)19-15)10-13-6-4-5-7-14(13)12-18-16-8-9-16/h11,13-14,16,18H,3-10,12H2,1-2H3. The van der Waals surface area contributed by atoms with Crippen LogP contribution in [0.25, 0.3) is 0 Å². The average Bonchev–Trinajstić information content (AvgIpc) is 3.22. The number of hydrogen-bond donors (Lipinski definition) is 1. The molecule has 1 aromatic rings. The fraction of sp³-hybridized carbons (Fsp3) is 0.824. The molecule has 3 heteroatoms. The van der Waals surface area contributed by atoms with Crippen LogP contribution in [-0.2, 0) is 19.9 Å². The van der Waals surface area contributed by atoms with E-state index in [1.54, 1.807) is 0 Å². The minimum Gasteiger partial charge on any atom is -0.314 e. The van der Waals surface area contributed by atoms with Crippen LogP contribution in [0, 0.1) is 11.8 Å². The fourth-order valence-electron chi connectivity index (χ4n) is 3.63. The van der Waals surface area contributed by atoms with E-state index in [1.165, 1.54) is 62.9 Å². The van der Waals surface area contributed by atoms with Crippen LogP contribution < -0.4 is 5.32 Å². The molecular weight excluding hydrogens is 246 g/mol. The number of aryl methyl sites for hydroxylation is 2. The lowest BCUT2D eigenvalue weighted by atomic mass is 9.77. The quantitative estimate of drug-likeness (QED) is 0.864. The van der Waals surface area contributed by atoms with E-state index in [4.69, 9.17) is 0 Å². The van der Waals surface area contributed by atoms with Crippen LogP contribution in [0.15, 0.2) is 6.07 Å². The normalized spacial score (nSPS) is 26.9. The van der Waals surface area contributed by atoms with E-state index in [9.17, 15) is 0 Å². The second-order valence-electron chi connectivity index (χ2n) is 6.80. The molecule has 0 spiro atoms. The SMILES string of the molecule is CCc1cc(CC2CCCCC2CNC2CC2)n(C)n1. The smallest absolute Gasteiger partial charge is 0.0624 e. The zero-order valence-electron chi connectivity index (χ0n) is 13.1. The van der Waals surface area contributed by atoms with Gasteiger partial charge in [0.25, 0.3) is 0 Å². The van der Waals surface area contributed by atoms with Crippen molar-refractivity contribution >= 4 is 0 Å². The third-order valence-corrected chi connectivity index (χ3v) is 5.17. The first-order valence-electron chi connectivity index (χ1n) is 8.51. The third kappa shape index (κ3) is 3.43. The second-order valence-corrected chi connectivity index (χ2v) is 6.80. The van der Waals surface area contributed by atoms with Crippen LogP contribution in [-0.4, -0.2) is 22.4 Å². The number of rotatable bonds is 6. The number of aromatic nitrogens is 2. The molecule has 1 heterocycles. The first-order chi connectivity index (χ1) is 9.76. The summed E-state index contributed by atoms with van der Waals surface area (Å²) < 4.78 is 2.11. The summed E-state index contributed by atoms with van der Waals surface area (Å²) in [7, 11) is 2.11. The number of hydrogen-bond acceptors (Lipinski definition) is 2. The molecule has 0 aliphatic heterocycles. The minimum absolute atomic E-state index is 0.848. The van der Waals surface area contributed by atoms with Gasteiger partial charge in [0.15, 0.2) is 0 Å². The summed E-state index contributed by atoms with van der Waals surface area (Å²) in [5, 5.41) is 8.36. The van der Waals surface area contributed by atoms with Gasteiger partial charge in [0.2, 0.25) is 0 Å². The molecule has 3 nitrogen and oxygen atoms in total. The van der Waals surface area contributed by atoms with Gasteiger partial charge >= 0.3 is 0 Å². The van der Waals surface area contributed by atoms with Gasteiger partial charge in [-0.1, -0.05) is 19.8 Å². The van der Waals surface area contributed by atoms with Gasteiger partial charge in [-0.2, -0.15) is 5.10 Å². The molecule has 2 fully saturated rings. The third-order valence-electron chi connectivity index (χ3n) is 5.17. The van der Waals surface area contributed by atoms with Crippen LogP contribution in [0.1, 0.15) is 56.8 Å². The summed E-state index contributed by atoms with van der Waals surface area (Å²) in [4.78, 5) is 0. The van der Waals surface area contributed by atoms with Crippen molar-refractivity contribution in [3.63, 3.8) is 0 Å². The second kappa shape index (κ2) is 6.30. The molecule has 0 bridgehead atoms. The van der Waals surface area contributed by atoms with Crippen molar-refractivity contribution in [3.05, 3.63) is 17.5 Å². The Bertz CT molecular complexity index is 433. The van der Waals surface area contributed by atoms with Crippen molar-refractivity contribution < 1.29 is 0 Å². The van der Waals surface area contributed by atoms with E-state index in [-0.39, 0.29) is 0 Å². The minimum atomic E-state index is 0.848. The zero-order valence-corrected chi connectivity index (χ0v) is 13.1. The van der Waals surface area contributed by atoms with Crippen LogP contribution in [0.2, 0.25) is 0 Å². The Hall–Kier alpha value is -0.830. The van der Waals surface area contributed by atoms with Gasteiger partial charge in [-0.25, -0.2) is 0 Å². The Morgan fingerprint density at radius 2 is 1.95 bits per heavy atom. The van der Waals surface area contributed by atoms with Gasteiger partial charge in [-0.3, -0.25) is 4.68 Å². The molecular formula is C17H29N3. The maximum absolute atomic E-state index is 4.60. The topological polar surface area (TPSA) is 29.9 Å². The van der Waals surface area contributed by atoms with Crippen molar-refractivity contribution in [1.29, 1.82) is 0 Å². The highest BCUT2D eigenvalue weighted by atomic mass is 15.3. The zero-order chi connectivity index (χ0) is 13.9. The Kier molecular flexibility index (Phi) is 4.45. The molecule has 2 atom stereocenters. The molecule has 3 rings (SSSR count). The maximum Gasteiger partial charge on any atom is 0.0624 e. The van der Waals surface area contributed by atoms with E-state index in [1.807, 2.05) is 0 Å². The summed E-state index contributed by atoms with van der Waals surface area (Å²) in [5.74, 6) is 1.74. The first kappa shape index (κ1) is 14.1. The molecule has 0 amide bonds. The highest BCUT2D eigenvalue weighted by molar-refractivity contribution is 5.11. The lowest BCUT2D eigenvalue weighted by molar-refractivity contribution is 0.225. The van der Waals surface area contributed by atoms with E-state index < -0.39 is 0 Å². The van der Waals surface area contributed by atoms with Gasteiger partial charge < -0.3 is 5.32 Å². The van der Waals surface area contributed by atoms with Crippen LogP contribution >= 0.6 is 0 Å². The van der Waals surface area contributed by atoms with Gasteiger partial charge in [-0.15, -0.1) is 0 Å². The molecule has 2 aliphatic rings. The molecule has 2 aliphatic carbocycles. The Labute approximate surface area is 123 Å². The van der Waals surface area contributed by atoms with Gasteiger partial charge in [0.1, 0.15) is 0 Å². The van der Waals surface area contributed by atoms with Crippen molar-refractivity contribution in [2.45, 2.75) is 64.3 Å². The van der Waals surface area contributed by atoms with Crippen molar-refractivity contribution in [2.75, 3.05) is 6.54 Å². The molecule has 0 aromatic carbocycles. The molecule has 20 heavy (non-hydrogen) atoms. The van der Waals surface area contributed by atoms with Gasteiger partial charge in [-0.05, 0) is 63.0 Å². The lowest BCUT2D eigenvalue weighted by Gasteiger charge is -2.32. The van der Waals surface area contributed by atoms with Crippen LogP contribution in [0.3, 0.4) is 0 Å². The average molecular weight is 275 g/mol. The van der Waals surface area contributed by atoms with Crippen molar-refractivity contribution in [1.82, 2.24) is 15.1 Å². The number of nitrogens with zero attached hydrogens (tertiary/aromatic N) is 2. The van der Waals surface area contributed by atoms with E-state index >= 15 is 0 Å². The summed E-state index contributed by atoms with van der Waals surface area (Å²) in [6.45, 7) is 3.43. The van der Waals surface area contributed by atoms with Crippen molar-refractivity contribution in [2.24, 2.45) is 18.9 Å². The molecule has 0 saturated heterocycles. The monoisotopic (exact) mass is 275 g/mol. The molecule has 1 N–H and O–H groups in total. The van der Waals surface area contributed by atoms with Gasteiger partial charge in [0, 0.05) is 18.8 Å². The fourth-order valence-corrected chi connectivity index (χ4v) is 3.63.